The highest BCUT2D eigenvalue weighted by molar-refractivity contribution is 5.79. The zero-order chi connectivity index (χ0) is 16.0. The molecule has 7 nitrogen and oxygen atoms in total. The normalized spacial score (nSPS) is 13.8. The summed E-state index contributed by atoms with van der Waals surface area (Å²) in [6.07, 6.45) is -0.0881. The number of nitro benzene ring substituents is 1. The molecule has 21 heavy (non-hydrogen) atoms. The van der Waals surface area contributed by atoms with Crippen LogP contribution in [0.2, 0.25) is 0 Å². The van der Waals surface area contributed by atoms with Gasteiger partial charge in [0.05, 0.1) is 16.9 Å². The summed E-state index contributed by atoms with van der Waals surface area (Å²) in [6.45, 7) is 2.11. The molecule has 1 amide bonds. The van der Waals surface area contributed by atoms with Gasteiger partial charge in [0, 0.05) is 24.7 Å². The van der Waals surface area contributed by atoms with E-state index in [1.54, 1.807) is 25.1 Å². The fourth-order valence-electron chi connectivity index (χ4n) is 2.10. The lowest BCUT2D eigenvalue weighted by Gasteiger charge is -2.27. The summed E-state index contributed by atoms with van der Waals surface area (Å²) in [4.78, 5) is 24.0. The molecule has 1 aromatic rings. The molecule has 0 bridgehead atoms. The highest BCUT2D eigenvalue weighted by Gasteiger charge is 2.23. The fraction of sp³-hybridized carbons (Fsp3) is 0.500. The SMILES string of the molecule is CN(C)CC(C)(O)CNC(=O)Cc1ccccc1[N+](=O)[O-]. The number of para-hydroxylation sites is 1. The van der Waals surface area contributed by atoms with Crippen LogP contribution in [0.25, 0.3) is 0 Å². The minimum atomic E-state index is -1.05. The van der Waals surface area contributed by atoms with Crippen LogP contribution in [0.5, 0.6) is 0 Å². The summed E-state index contributed by atoms with van der Waals surface area (Å²) in [5, 5.41) is 23.6. The maximum atomic E-state index is 11.9. The van der Waals surface area contributed by atoms with E-state index >= 15 is 0 Å². The van der Waals surface area contributed by atoms with E-state index in [9.17, 15) is 20.0 Å². The molecular formula is C14H21N3O4. The van der Waals surface area contributed by atoms with Crippen LogP contribution >= 0.6 is 0 Å². The van der Waals surface area contributed by atoms with E-state index < -0.39 is 10.5 Å². The van der Waals surface area contributed by atoms with Crippen LogP contribution in [-0.2, 0) is 11.2 Å². The number of benzene rings is 1. The van der Waals surface area contributed by atoms with Crippen LogP contribution in [0.4, 0.5) is 5.69 Å². The maximum absolute atomic E-state index is 11.9. The van der Waals surface area contributed by atoms with Gasteiger partial charge in [0.15, 0.2) is 0 Å². The Morgan fingerprint density at radius 3 is 2.62 bits per heavy atom. The third-order valence-electron chi connectivity index (χ3n) is 2.86. The summed E-state index contributed by atoms with van der Waals surface area (Å²) < 4.78 is 0. The average molecular weight is 295 g/mol. The lowest BCUT2D eigenvalue weighted by atomic mass is 10.1. The van der Waals surface area contributed by atoms with E-state index in [0.717, 1.165) is 0 Å². The Kier molecular flexibility index (Phi) is 5.80. The van der Waals surface area contributed by atoms with Gasteiger partial charge in [0.25, 0.3) is 5.69 Å². The van der Waals surface area contributed by atoms with Crippen molar-refractivity contribution >= 4 is 11.6 Å². The van der Waals surface area contributed by atoms with E-state index in [2.05, 4.69) is 5.32 Å². The van der Waals surface area contributed by atoms with Crippen LogP contribution in [-0.4, -0.2) is 53.6 Å². The Morgan fingerprint density at radius 1 is 1.43 bits per heavy atom. The molecule has 1 aromatic carbocycles. The van der Waals surface area contributed by atoms with Gasteiger partial charge in [-0.2, -0.15) is 0 Å². The summed E-state index contributed by atoms with van der Waals surface area (Å²) in [7, 11) is 3.65. The second kappa shape index (κ2) is 7.14. The lowest BCUT2D eigenvalue weighted by Crippen LogP contribution is -2.47. The van der Waals surface area contributed by atoms with Crippen LogP contribution in [0.1, 0.15) is 12.5 Å². The largest absolute Gasteiger partial charge is 0.387 e. The van der Waals surface area contributed by atoms with Crippen molar-refractivity contribution in [1.82, 2.24) is 10.2 Å². The molecule has 116 valence electrons. The summed E-state index contributed by atoms with van der Waals surface area (Å²) in [6, 6.07) is 6.12. The van der Waals surface area contributed by atoms with Gasteiger partial charge < -0.3 is 15.3 Å². The number of hydrogen-bond donors (Lipinski definition) is 2. The number of rotatable bonds is 7. The lowest BCUT2D eigenvalue weighted by molar-refractivity contribution is -0.385. The fourth-order valence-corrected chi connectivity index (χ4v) is 2.10. The number of nitrogens with one attached hydrogen (secondary N) is 1. The first-order chi connectivity index (χ1) is 9.71. The Hall–Kier alpha value is -1.99. The van der Waals surface area contributed by atoms with Crippen LogP contribution in [0.15, 0.2) is 24.3 Å². The quantitative estimate of drug-likeness (QED) is 0.566. The van der Waals surface area contributed by atoms with Crippen molar-refractivity contribution in [2.75, 3.05) is 27.2 Å². The molecule has 1 unspecified atom stereocenters. The standard InChI is InChI=1S/C14H21N3O4/c1-14(19,10-16(2)3)9-15-13(18)8-11-6-4-5-7-12(11)17(20)21/h4-7,19H,8-10H2,1-3H3,(H,15,18). The van der Waals surface area contributed by atoms with Gasteiger partial charge in [-0.25, -0.2) is 0 Å². The Balaban J connectivity index is 2.61. The molecular weight excluding hydrogens is 274 g/mol. The van der Waals surface area contributed by atoms with E-state index in [1.165, 1.54) is 6.07 Å². The van der Waals surface area contributed by atoms with E-state index in [-0.39, 0.29) is 24.6 Å². The summed E-state index contributed by atoms with van der Waals surface area (Å²) in [5.74, 6) is -0.358. The molecule has 2 N–H and O–H groups in total. The molecule has 0 saturated heterocycles. The van der Waals surface area contributed by atoms with Gasteiger partial charge in [-0.15, -0.1) is 0 Å². The van der Waals surface area contributed by atoms with Crippen LogP contribution < -0.4 is 5.32 Å². The number of amides is 1. The third kappa shape index (κ3) is 5.88. The van der Waals surface area contributed by atoms with Crippen molar-refractivity contribution < 1.29 is 14.8 Å². The molecule has 0 saturated carbocycles. The molecule has 0 radical (unpaired) electrons. The average Bonchev–Trinajstić information content (AvgIpc) is 2.35. The minimum absolute atomic E-state index is 0.0762. The van der Waals surface area contributed by atoms with Crippen molar-refractivity contribution in [2.45, 2.75) is 18.9 Å². The van der Waals surface area contributed by atoms with Gasteiger partial charge >= 0.3 is 0 Å². The van der Waals surface area contributed by atoms with Crippen molar-refractivity contribution in [1.29, 1.82) is 0 Å². The molecule has 0 aromatic heterocycles. The predicted molar refractivity (Wildman–Crippen MR) is 79.0 cm³/mol. The predicted octanol–water partition coefficient (Wildman–Crippen LogP) is 0.566. The first kappa shape index (κ1) is 17.1. The second-order valence-electron chi connectivity index (χ2n) is 5.57. The number of likely N-dealkylation sites (N-methyl/N-ethyl adjacent to an activating group) is 1. The van der Waals surface area contributed by atoms with Crippen molar-refractivity contribution in [2.24, 2.45) is 0 Å². The molecule has 0 spiro atoms. The number of carbonyl (C=O) groups is 1. The monoisotopic (exact) mass is 295 g/mol. The molecule has 1 rings (SSSR count). The van der Waals surface area contributed by atoms with E-state index in [4.69, 9.17) is 0 Å². The van der Waals surface area contributed by atoms with Crippen molar-refractivity contribution in [3.63, 3.8) is 0 Å². The smallest absolute Gasteiger partial charge is 0.273 e. The number of nitrogens with zero attached hydrogens (tertiary/aromatic N) is 2. The Labute approximate surface area is 123 Å². The molecule has 0 aliphatic heterocycles. The minimum Gasteiger partial charge on any atom is -0.387 e. The van der Waals surface area contributed by atoms with Gasteiger partial charge in [-0.3, -0.25) is 14.9 Å². The van der Waals surface area contributed by atoms with Crippen molar-refractivity contribution in [3.05, 3.63) is 39.9 Å². The zero-order valence-corrected chi connectivity index (χ0v) is 12.5. The topological polar surface area (TPSA) is 95.7 Å². The first-order valence-corrected chi connectivity index (χ1v) is 6.57. The second-order valence-corrected chi connectivity index (χ2v) is 5.57. The van der Waals surface area contributed by atoms with Gasteiger partial charge in [-0.05, 0) is 21.0 Å². The molecule has 0 aliphatic carbocycles. The third-order valence-corrected chi connectivity index (χ3v) is 2.86. The number of aliphatic hydroxyl groups is 1. The summed E-state index contributed by atoms with van der Waals surface area (Å²) >= 11 is 0. The Morgan fingerprint density at radius 2 is 2.05 bits per heavy atom. The van der Waals surface area contributed by atoms with Gasteiger partial charge in [0.1, 0.15) is 0 Å². The van der Waals surface area contributed by atoms with E-state index in [0.29, 0.717) is 12.1 Å². The molecule has 1 atom stereocenters. The molecule has 0 fully saturated rings. The molecule has 0 aliphatic rings. The van der Waals surface area contributed by atoms with Crippen molar-refractivity contribution in [3.8, 4) is 0 Å². The number of carbonyl (C=O) groups excluding carboxylic acids is 1. The van der Waals surface area contributed by atoms with Gasteiger partial charge in [-0.1, -0.05) is 18.2 Å². The van der Waals surface area contributed by atoms with E-state index in [1.807, 2.05) is 19.0 Å². The highest BCUT2D eigenvalue weighted by Crippen LogP contribution is 2.18. The van der Waals surface area contributed by atoms with Crippen LogP contribution in [0, 0.1) is 10.1 Å². The highest BCUT2D eigenvalue weighted by atomic mass is 16.6. The molecule has 0 heterocycles. The summed E-state index contributed by atoms with van der Waals surface area (Å²) in [5.41, 5.74) is -0.776. The Bertz CT molecular complexity index is 515. The zero-order valence-electron chi connectivity index (χ0n) is 12.5. The van der Waals surface area contributed by atoms with Gasteiger partial charge in [0.2, 0.25) is 5.91 Å². The number of hydrogen-bond acceptors (Lipinski definition) is 5. The number of nitro groups is 1. The maximum Gasteiger partial charge on any atom is 0.273 e. The van der Waals surface area contributed by atoms with Crippen LogP contribution in [0.3, 0.4) is 0 Å². The first-order valence-electron chi connectivity index (χ1n) is 6.57. The molecule has 7 heteroatoms.